The third-order valence-electron chi connectivity index (χ3n) is 3.30. The first kappa shape index (κ1) is 18.7. The molecule has 0 aliphatic carbocycles. The standard InChI is InChI=1S/C15H30N2O3/c1-6-8-9-17(13(5)7-2)15(20)16(10-12(3)4)11-14(18)19/h12-13H,6-11H2,1-5H3,(H,18,19). The zero-order valence-corrected chi connectivity index (χ0v) is 13.6. The zero-order chi connectivity index (χ0) is 15.7. The van der Waals surface area contributed by atoms with Gasteiger partial charge in [-0.05, 0) is 25.7 Å². The van der Waals surface area contributed by atoms with E-state index in [9.17, 15) is 9.59 Å². The fraction of sp³-hybridized carbons (Fsp3) is 0.867. The molecule has 0 saturated carbocycles. The van der Waals surface area contributed by atoms with Crippen molar-refractivity contribution in [1.82, 2.24) is 9.80 Å². The van der Waals surface area contributed by atoms with Gasteiger partial charge in [0.25, 0.3) is 0 Å². The molecule has 0 radical (unpaired) electrons. The fourth-order valence-corrected chi connectivity index (χ4v) is 2.05. The van der Waals surface area contributed by atoms with E-state index in [1.54, 1.807) is 0 Å². The van der Waals surface area contributed by atoms with E-state index < -0.39 is 5.97 Å². The molecule has 0 aromatic heterocycles. The second kappa shape index (κ2) is 9.61. The molecule has 5 nitrogen and oxygen atoms in total. The number of urea groups is 1. The highest BCUT2D eigenvalue weighted by Crippen LogP contribution is 2.11. The van der Waals surface area contributed by atoms with Crippen molar-refractivity contribution < 1.29 is 14.7 Å². The number of rotatable bonds is 9. The molecule has 0 heterocycles. The Labute approximate surface area is 122 Å². The van der Waals surface area contributed by atoms with E-state index in [0.29, 0.717) is 13.1 Å². The molecule has 0 aromatic carbocycles. The Bertz CT molecular complexity index is 305. The van der Waals surface area contributed by atoms with Gasteiger partial charge in [0.2, 0.25) is 0 Å². The number of amides is 2. The number of unbranched alkanes of at least 4 members (excludes halogenated alkanes) is 1. The van der Waals surface area contributed by atoms with Crippen molar-refractivity contribution >= 4 is 12.0 Å². The van der Waals surface area contributed by atoms with Crippen LogP contribution in [0, 0.1) is 5.92 Å². The summed E-state index contributed by atoms with van der Waals surface area (Å²) in [6.07, 6.45) is 2.83. The van der Waals surface area contributed by atoms with Crippen molar-refractivity contribution in [2.24, 2.45) is 5.92 Å². The van der Waals surface area contributed by atoms with Gasteiger partial charge in [-0.15, -0.1) is 0 Å². The van der Waals surface area contributed by atoms with Gasteiger partial charge in [-0.1, -0.05) is 34.1 Å². The van der Waals surface area contributed by atoms with Gasteiger partial charge in [0, 0.05) is 19.1 Å². The van der Waals surface area contributed by atoms with Crippen LogP contribution in [0.2, 0.25) is 0 Å². The number of hydrogen-bond donors (Lipinski definition) is 1. The lowest BCUT2D eigenvalue weighted by Gasteiger charge is -2.34. The number of carbonyl (C=O) groups excluding carboxylic acids is 1. The molecule has 0 fully saturated rings. The van der Waals surface area contributed by atoms with Crippen LogP contribution < -0.4 is 0 Å². The summed E-state index contributed by atoms with van der Waals surface area (Å²) in [6.45, 7) is 11.1. The van der Waals surface area contributed by atoms with E-state index in [-0.39, 0.29) is 24.5 Å². The highest BCUT2D eigenvalue weighted by atomic mass is 16.4. The maximum absolute atomic E-state index is 12.6. The smallest absolute Gasteiger partial charge is 0.323 e. The predicted octanol–water partition coefficient (Wildman–Crippen LogP) is 3.05. The Balaban J connectivity index is 4.96. The summed E-state index contributed by atoms with van der Waals surface area (Å²) >= 11 is 0. The maximum Gasteiger partial charge on any atom is 0.323 e. The topological polar surface area (TPSA) is 60.9 Å². The minimum absolute atomic E-state index is 0.137. The molecule has 0 aromatic rings. The molecule has 118 valence electrons. The second-order valence-electron chi connectivity index (χ2n) is 5.75. The summed E-state index contributed by atoms with van der Waals surface area (Å²) in [7, 11) is 0. The molecule has 0 aliphatic rings. The predicted molar refractivity (Wildman–Crippen MR) is 80.8 cm³/mol. The lowest BCUT2D eigenvalue weighted by Crippen LogP contribution is -2.50. The molecule has 1 N–H and O–H groups in total. The molecule has 1 atom stereocenters. The van der Waals surface area contributed by atoms with E-state index in [0.717, 1.165) is 19.3 Å². The van der Waals surface area contributed by atoms with Gasteiger partial charge in [-0.25, -0.2) is 4.79 Å². The number of aliphatic carboxylic acids is 1. The molecule has 20 heavy (non-hydrogen) atoms. The molecule has 0 aliphatic heterocycles. The summed E-state index contributed by atoms with van der Waals surface area (Å²) in [6, 6.07) is -0.0126. The van der Waals surface area contributed by atoms with Crippen molar-refractivity contribution in [1.29, 1.82) is 0 Å². The van der Waals surface area contributed by atoms with Crippen LogP contribution in [-0.2, 0) is 4.79 Å². The summed E-state index contributed by atoms with van der Waals surface area (Å²) in [5.41, 5.74) is 0. The van der Waals surface area contributed by atoms with Gasteiger partial charge < -0.3 is 14.9 Å². The molecular weight excluding hydrogens is 256 g/mol. The SMILES string of the molecule is CCCCN(C(=O)N(CC(=O)O)CC(C)C)C(C)CC. The molecule has 0 saturated heterocycles. The van der Waals surface area contributed by atoms with Crippen LogP contribution in [0.1, 0.15) is 53.9 Å². The van der Waals surface area contributed by atoms with Crippen molar-refractivity contribution in [3.8, 4) is 0 Å². The molecule has 0 rings (SSSR count). The normalized spacial score (nSPS) is 12.3. The summed E-state index contributed by atoms with van der Waals surface area (Å²) < 4.78 is 0. The van der Waals surface area contributed by atoms with Crippen LogP contribution in [-0.4, -0.2) is 52.6 Å². The minimum Gasteiger partial charge on any atom is -0.480 e. The van der Waals surface area contributed by atoms with Gasteiger partial charge in [0.1, 0.15) is 6.54 Å². The second-order valence-corrected chi connectivity index (χ2v) is 5.75. The highest BCUT2D eigenvalue weighted by molar-refractivity contribution is 5.80. The quantitative estimate of drug-likeness (QED) is 0.708. The number of nitrogens with zero attached hydrogens (tertiary/aromatic N) is 2. The molecule has 0 spiro atoms. The van der Waals surface area contributed by atoms with E-state index in [1.807, 2.05) is 32.6 Å². The van der Waals surface area contributed by atoms with E-state index in [1.165, 1.54) is 4.90 Å². The van der Waals surface area contributed by atoms with Gasteiger partial charge in [0.15, 0.2) is 0 Å². The summed E-state index contributed by atoms with van der Waals surface area (Å²) in [5, 5.41) is 8.99. The van der Waals surface area contributed by atoms with Crippen LogP contribution in [0.15, 0.2) is 0 Å². The van der Waals surface area contributed by atoms with Crippen LogP contribution in [0.4, 0.5) is 4.79 Å². The molecule has 2 amide bonds. The molecular formula is C15H30N2O3. The Hall–Kier alpha value is -1.26. The lowest BCUT2D eigenvalue weighted by atomic mass is 10.2. The van der Waals surface area contributed by atoms with Gasteiger partial charge in [-0.3, -0.25) is 4.79 Å². The van der Waals surface area contributed by atoms with Crippen molar-refractivity contribution in [2.45, 2.75) is 59.9 Å². The summed E-state index contributed by atoms with van der Waals surface area (Å²) in [5.74, 6) is -0.707. The van der Waals surface area contributed by atoms with Gasteiger partial charge in [0.05, 0.1) is 0 Å². The first-order valence-electron chi connectivity index (χ1n) is 7.60. The number of carbonyl (C=O) groups is 2. The number of carboxylic acids is 1. The van der Waals surface area contributed by atoms with Gasteiger partial charge >= 0.3 is 12.0 Å². The molecule has 1 unspecified atom stereocenters. The summed E-state index contributed by atoms with van der Waals surface area (Å²) in [4.78, 5) is 26.8. The number of carboxylic acid groups (broad SMARTS) is 1. The maximum atomic E-state index is 12.6. The van der Waals surface area contributed by atoms with E-state index in [4.69, 9.17) is 5.11 Å². The van der Waals surface area contributed by atoms with E-state index >= 15 is 0 Å². The Morgan fingerprint density at radius 2 is 1.75 bits per heavy atom. The molecule has 5 heteroatoms. The lowest BCUT2D eigenvalue weighted by molar-refractivity contribution is -0.137. The average Bonchev–Trinajstić information content (AvgIpc) is 2.36. The third kappa shape index (κ3) is 6.78. The third-order valence-corrected chi connectivity index (χ3v) is 3.30. The largest absolute Gasteiger partial charge is 0.480 e. The van der Waals surface area contributed by atoms with Crippen molar-refractivity contribution in [3.63, 3.8) is 0 Å². The Morgan fingerprint density at radius 1 is 1.15 bits per heavy atom. The van der Waals surface area contributed by atoms with Crippen LogP contribution >= 0.6 is 0 Å². The number of hydrogen-bond acceptors (Lipinski definition) is 2. The van der Waals surface area contributed by atoms with Crippen LogP contribution in [0.5, 0.6) is 0 Å². The average molecular weight is 286 g/mol. The van der Waals surface area contributed by atoms with Crippen molar-refractivity contribution in [3.05, 3.63) is 0 Å². The monoisotopic (exact) mass is 286 g/mol. The Morgan fingerprint density at radius 3 is 2.15 bits per heavy atom. The highest BCUT2D eigenvalue weighted by Gasteiger charge is 2.25. The molecule has 0 bridgehead atoms. The minimum atomic E-state index is -0.960. The van der Waals surface area contributed by atoms with E-state index in [2.05, 4.69) is 6.92 Å². The zero-order valence-electron chi connectivity index (χ0n) is 13.6. The first-order valence-corrected chi connectivity index (χ1v) is 7.60. The van der Waals surface area contributed by atoms with Crippen molar-refractivity contribution in [2.75, 3.05) is 19.6 Å². The van der Waals surface area contributed by atoms with Gasteiger partial charge in [-0.2, -0.15) is 0 Å². The van der Waals surface area contributed by atoms with Crippen LogP contribution in [0.25, 0.3) is 0 Å². The first-order chi connectivity index (χ1) is 9.33. The fourth-order valence-electron chi connectivity index (χ4n) is 2.05. The Kier molecular flexibility index (Phi) is 9.01. The van der Waals surface area contributed by atoms with Crippen LogP contribution in [0.3, 0.4) is 0 Å².